The standard InChI is InChI=1S/C14H22N2OS/c1-2-17-12-5-6-13(15)14(11-12)18-10-9-16-7-3-4-8-16/h5-6,11H,2-4,7-10,15H2,1H3. The quantitative estimate of drug-likeness (QED) is 0.635. The predicted octanol–water partition coefficient (Wildman–Crippen LogP) is 2.86. The van der Waals surface area contributed by atoms with Crippen molar-refractivity contribution in [3.05, 3.63) is 18.2 Å². The first kappa shape index (κ1) is 13.6. The van der Waals surface area contributed by atoms with Crippen molar-refractivity contribution in [2.75, 3.05) is 37.7 Å². The molecule has 1 fully saturated rings. The van der Waals surface area contributed by atoms with E-state index in [1.807, 2.05) is 36.9 Å². The van der Waals surface area contributed by atoms with Crippen LogP contribution in [0.25, 0.3) is 0 Å². The number of rotatable bonds is 6. The second-order valence-corrected chi connectivity index (χ2v) is 5.67. The van der Waals surface area contributed by atoms with Gasteiger partial charge in [-0.2, -0.15) is 0 Å². The molecule has 3 nitrogen and oxygen atoms in total. The van der Waals surface area contributed by atoms with Crippen molar-refractivity contribution in [1.82, 2.24) is 4.90 Å². The van der Waals surface area contributed by atoms with Crippen LogP contribution in [0.4, 0.5) is 5.69 Å². The van der Waals surface area contributed by atoms with Crippen molar-refractivity contribution in [3.8, 4) is 5.75 Å². The molecule has 0 saturated carbocycles. The lowest BCUT2D eigenvalue weighted by Crippen LogP contribution is -2.21. The summed E-state index contributed by atoms with van der Waals surface area (Å²) in [5, 5.41) is 0. The van der Waals surface area contributed by atoms with E-state index in [0.29, 0.717) is 6.61 Å². The fraction of sp³-hybridized carbons (Fsp3) is 0.571. The zero-order valence-corrected chi connectivity index (χ0v) is 11.8. The van der Waals surface area contributed by atoms with Crippen molar-refractivity contribution < 1.29 is 4.74 Å². The third-order valence-electron chi connectivity index (χ3n) is 3.16. The zero-order valence-electron chi connectivity index (χ0n) is 11.0. The molecule has 0 amide bonds. The second kappa shape index (κ2) is 6.90. The minimum absolute atomic E-state index is 0.696. The van der Waals surface area contributed by atoms with E-state index in [9.17, 15) is 0 Å². The maximum Gasteiger partial charge on any atom is 0.120 e. The smallest absolute Gasteiger partial charge is 0.120 e. The summed E-state index contributed by atoms with van der Waals surface area (Å²) in [6.07, 6.45) is 2.71. The van der Waals surface area contributed by atoms with E-state index in [1.54, 1.807) is 0 Å². The van der Waals surface area contributed by atoms with Gasteiger partial charge >= 0.3 is 0 Å². The summed E-state index contributed by atoms with van der Waals surface area (Å²) in [6, 6.07) is 5.92. The number of nitrogens with two attached hydrogens (primary N) is 1. The number of benzene rings is 1. The Morgan fingerprint density at radius 2 is 2.11 bits per heavy atom. The molecule has 0 aliphatic carbocycles. The molecule has 1 aromatic carbocycles. The Kier molecular flexibility index (Phi) is 5.20. The van der Waals surface area contributed by atoms with E-state index in [4.69, 9.17) is 10.5 Å². The van der Waals surface area contributed by atoms with Crippen molar-refractivity contribution in [1.29, 1.82) is 0 Å². The van der Waals surface area contributed by atoms with E-state index in [1.165, 1.54) is 25.9 Å². The molecule has 2 N–H and O–H groups in total. The molecule has 1 heterocycles. The number of hydrogen-bond donors (Lipinski definition) is 1. The Morgan fingerprint density at radius 1 is 1.33 bits per heavy atom. The minimum Gasteiger partial charge on any atom is -0.494 e. The van der Waals surface area contributed by atoms with E-state index >= 15 is 0 Å². The topological polar surface area (TPSA) is 38.5 Å². The average Bonchev–Trinajstić information content (AvgIpc) is 2.86. The molecular formula is C14H22N2OS. The van der Waals surface area contributed by atoms with Crippen LogP contribution in [-0.2, 0) is 0 Å². The second-order valence-electron chi connectivity index (χ2n) is 4.53. The van der Waals surface area contributed by atoms with E-state index in [-0.39, 0.29) is 0 Å². The summed E-state index contributed by atoms with van der Waals surface area (Å²) in [5.41, 5.74) is 6.84. The van der Waals surface area contributed by atoms with Crippen molar-refractivity contribution in [2.24, 2.45) is 0 Å². The zero-order chi connectivity index (χ0) is 12.8. The Bertz CT molecular complexity index is 378. The summed E-state index contributed by atoms with van der Waals surface area (Å²) in [4.78, 5) is 3.66. The average molecular weight is 266 g/mol. The summed E-state index contributed by atoms with van der Waals surface area (Å²) < 4.78 is 5.50. The van der Waals surface area contributed by atoms with Gasteiger partial charge in [0.15, 0.2) is 0 Å². The first-order valence-electron chi connectivity index (χ1n) is 6.67. The van der Waals surface area contributed by atoms with Crippen LogP contribution in [0.1, 0.15) is 19.8 Å². The third kappa shape index (κ3) is 3.82. The molecule has 0 spiro atoms. The molecule has 4 heteroatoms. The highest BCUT2D eigenvalue weighted by Crippen LogP contribution is 2.29. The third-order valence-corrected chi connectivity index (χ3v) is 4.21. The summed E-state index contributed by atoms with van der Waals surface area (Å²) >= 11 is 1.83. The van der Waals surface area contributed by atoms with Gasteiger partial charge in [0.1, 0.15) is 5.75 Å². The van der Waals surface area contributed by atoms with E-state index in [2.05, 4.69) is 4.90 Å². The molecule has 18 heavy (non-hydrogen) atoms. The molecular weight excluding hydrogens is 244 g/mol. The first-order valence-corrected chi connectivity index (χ1v) is 7.65. The van der Waals surface area contributed by atoms with Gasteiger partial charge in [0, 0.05) is 22.9 Å². The Morgan fingerprint density at radius 3 is 2.83 bits per heavy atom. The van der Waals surface area contributed by atoms with Crippen LogP contribution in [0.15, 0.2) is 23.1 Å². The van der Waals surface area contributed by atoms with Crippen LogP contribution in [0.3, 0.4) is 0 Å². The molecule has 0 radical (unpaired) electrons. The molecule has 1 aliphatic heterocycles. The van der Waals surface area contributed by atoms with Gasteiger partial charge in [-0.25, -0.2) is 0 Å². The number of hydrogen-bond acceptors (Lipinski definition) is 4. The number of nitrogens with zero attached hydrogens (tertiary/aromatic N) is 1. The molecule has 0 bridgehead atoms. The van der Waals surface area contributed by atoms with Crippen LogP contribution >= 0.6 is 11.8 Å². The minimum atomic E-state index is 0.696. The molecule has 0 atom stereocenters. The lowest BCUT2D eigenvalue weighted by Gasteiger charge is -2.14. The largest absolute Gasteiger partial charge is 0.494 e. The maximum absolute atomic E-state index is 5.99. The van der Waals surface area contributed by atoms with E-state index < -0.39 is 0 Å². The Hall–Kier alpha value is -0.870. The summed E-state index contributed by atoms with van der Waals surface area (Å²) in [7, 11) is 0. The fourth-order valence-electron chi connectivity index (χ4n) is 2.19. The number of nitrogen functional groups attached to an aromatic ring is 1. The highest BCUT2D eigenvalue weighted by Gasteiger charge is 2.11. The van der Waals surface area contributed by atoms with Crippen molar-refractivity contribution in [3.63, 3.8) is 0 Å². The van der Waals surface area contributed by atoms with Gasteiger partial charge in [-0.05, 0) is 51.1 Å². The number of thioether (sulfide) groups is 1. The fourth-order valence-corrected chi connectivity index (χ4v) is 3.19. The first-order chi connectivity index (χ1) is 8.79. The highest BCUT2D eigenvalue weighted by molar-refractivity contribution is 7.99. The van der Waals surface area contributed by atoms with E-state index in [0.717, 1.165) is 28.6 Å². The number of likely N-dealkylation sites (tertiary alicyclic amines) is 1. The molecule has 2 rings (SSSR count). The SMILES string of the molecule is CCOc1ccc(N)c(SCCN2CCCC2)c1. The van der Waals surface area contributed by atoms with Gasteiger partial charge in [-0.1, -0.05) is 0 Å². The monoisotopic (exact) mass is 266 g/mol. The molecule has 1 aromatic rings. The van der Waals surface area contributed by atoms with Crippen LogP contribution in [0.2, 0.25) is 0 Å². The number of ether oxygens (including phenoxy) is 1. The lowest BCUT2D eigenvalue weighted by molar-refractivity contribution is 0.339. The Labute approximate surface area is 114 Å². The molecule has 0 unspecified atom stereocenters. The van der Waals surface area contributed by atoms with Crippen LogP contribution < -0.4 is 10.5 Å². The highest BCUT2D eigenvalue weighted by atomic mass is 32.2. The van der Waals surface area contributed by atoms with Crippen LogP contribution in [-0.4, -0.2) is 36.9 Å². The van der Waals surface area contributed by atoms with Gasteiger partial charge in [0.25, 0.3) is 0 Å². The Balaban J connectivity index is 1.85. The van der Waals surface area contributed by atoms with Crippen molar-refractivity contribution >= 4 is 17.4 Å². The molecule has 1 saturated heterocycles. The van der Waals surface area contributed by atoms with Crippen molar-refractivity contribution in [2.45, 2.75) is 24.7 Å². The van der Waals surface area contributed by atoms with Crippen LogP contribution in [0, 0.1) is 0 Å². The normalized spacial score (nSPS) is 16.1. The molecule has 0 aromatic heterocycles. The van der Waals surface area contributed by atoms with Gasteiger partial charge in [-0.3, -0.25) is 0 Å². The maximum atomic E-state index is 5.99. The molecule has 100 valence electrons. The van der Waals surface area contributed by atoms with Gasteiger partial charge in [-0.15, -0.1) is 11.8 Å². The summed E-state index contributed by atoms with van der Waals surface area (Å²) in [6.45, 7) is 6.37. The van der Waals surface area contributed by atoms with Gasteiger partial charge < -0.3 is 15.4 Å². The summed E-state index contributed by atoms with van der Waals surface area (Å²) in [5.74, 6) is 2.01. The predicted molar refractivity (Wildman–Crippen MR) is 78.4 cm³/mol. The van der Waals surface area contributed by atoms with Gasteiger partial charge in [0.05, 0.1) is 6.61 Å². The van der Waals surface area contributed by atoms with Gasteiger partial charge in [0.2, 0.25) is 0 Å². The lowest BCUT2D eigenvalue weighted by atomic mass is 10.3. The number of anilines is 1. The van der Waals surface area contributed by atoms with Crippen LogP contribution in [0.5, 0.6) is 5.75 Å². The molecule has 1 aliphatic rings.